The van der Waals surface area contributed by atoms with Gasteiger partial charge < -0.3 is 24.9 Å². The second-order valence-corrected chi connectivity index (χ2v) is 2.73. The standard InChI is InChI=1S/C8H14O6/c1-2-3-4-14-8(13)6(10)5(9)7(11)12/h5-6,9-10H,2-4H2,1H3,(H,11,12)/p-1. The molecule has 0 aliphatic carbocycles. The topological polar surface area (TPSA) is 107 Å². The highest BCUT2D eigenvalue weighted by Gasteiger charge is 2.26. The summed E-state index contributed by atoms with van der Waals surface area (Å²) in [7, 11) is 0. The second kappa shape index (κ2) is 6.33. The van der Waals surface area contributed by atoms with Gasteiger partial charge in [-0.25, -0.2) is 4.79 Å². The maximum Gasteiger partial charge on any atom is 0.338 e. The van der Waals surface area contributed by atoms with Crippen molar-refractivity contribution in [1.29, 1.82) is 0 Å². The third-order valence-corrected chi connectivity index (χ3v) is 1.52. The van der Waals surface area contributed by atoms with Crippen LogP contribution >= 0.6 is 0 Å². The van der Waals surface area contributed by atoms with E-state index in [1.54, 1.807) is 0 Å². The highest BCUT2D eigenvalue weighted by atomic mass is 16.5. The maximum absolute atomic E-state index is 10.8. The molecule has 0 bridgehead atoms. The summed E-state index contributed by atoms with van der Waals surface area (Å²) < 4.78 is 4.48. The molecular formula is C8H13O6-. The van der Waals surface area contributed by atoms with Crippen molar-refractivity contribution in [3.05, 3.63) is 0 Å². The Balaban J connectivity index is 3.92. The van der Waals surface area contributed by atoms with Crippen LogP contribution in [0.1, 0.15) is 19.8 Å². The summed E-state index contributed by atoms with van der Waals surface area (Å²) in [6.07, 6.45) is -2.92. The Hall–Kier alpha value is -1.14. The van der Waals surface area contributed by atoms with Gasteiger partial charge in [-0.05, 0) is 6.42 Å². The number of esters is 1. The molecule has 82 valence electrons. The molecule has 0 rings (SSSR count). The van der Waals surface area contributed by atoms with Gasteiger partial charge in [0.1, 0.15) is 6.10 Å². The van der Waals surface area contributed by atoms with Crippen LogP contribution in [0.3, 0.4) is 0 Å². The van der Waals surface area contributed by atoms with Crippen molar-refractivity contribution in [3.8, 4) is 0 Å². The van der Waals surface area contributed by atoms with Crippen LogP contribution < -0.4 is 5.11 Å². The summed E-state index contributed by atoms with van der Waals surface area (Å²) in [4.78, 5) is 20.9. The fourth-order valence-electron chi connectivity index (χ4n) is 0.660. The number of aliphatic hydroxyl groups is 2. The van der Waals surface area contributed by atoms with Crippen molar-refractivity contribution in [2.24, 2.45) is 0 Å². The smallest absolute Gasteiger partial charge is 0.338 e. The lowest BCUT2D eigenvalue weighted by Gasteiger charge is -2.16. The first kappa shape index (κ1) is 12.9. The first-order valence-corrected chi connectivity index (χ1v) is 4.24. The highest BCUT2D eigenvalue weighted by Crippen LogP contribution is 1.97. The van der Waals surface area contributed by atoms with Crippen molar-refractivity contribution < 1.29 is 29.6 Å². The highest BCUT2D eigenvalue weighted by molar-refractivity contribution is 5.83. The van der Waals surface area contributed by atoms with E-state index in [9.17, 15) is 14.7 Å². The number of carbonyl (C=O) groups excluding carboxylic acids is 2. The molecule has 2 atom stereocenters. The number of unbranched alkanes of at least 4 members (excludes halogenated alkanes) is 1. The zero-order valence-electron chi connectivity index (χ0n) is 7.80. The minimum Gasteiger partial charge on any atom is -0.547 e. The maximum atomic E-state index is 10.8. The molecular weight excluding hydrogens is 192 g/mol. The van der Waals surface area contributed by atoms with Crippen LogP contribution in [0.15, 0.2) is 0 Å². The van der Waals surface area contributed by atoms with E-state index in [2.05, 4.69) is 4.74 Å². The van der Waals surface area contributed by atoms with Gasteiger partial charge in [0.25, 0.3) is 0 Å². The molecule has 6 nitrogen and oxygen atoms in total. The van der Waals surface area contributed by atoms with Crippen LogP contribution in [0.4, 0.5) is 0 Å². The molecule has 0 aromatic heterocycles. The van der Waals surface area contributed by atoms with Crippen LogP contribution in [0.2, 0.25) is 0 Å². The number of rotatable bonds is 6. The van der Waals surface area contributed by atoms with E-state index in [1.807, 2.05) is 6.92 Å². The molecule has 6 heteroatoms. The average Bonchev–Trinajstić information content (AvgIpc) is 2.15. The molecule has 2 N–H and O–H groups in total. The van der Waals surface area contributed by atoms with Crippen molar-refractivity contribution in [2.45, 2.75) is 32.0 Å². The molecule has 0 amide bonds. The molecule has 0 spiro atoms. The number of carboxylic acid groups (broad SMARTS) is 1. The summed E-state index contributed by atoms with van der Waals surface area (Å²) in [5.41, 5.74) is 0. The van der Waals surface area contributed by atoms with Crippen molar-refractivity contribution in [3.63, 3.8) is 0 Å². The van der Waals surface area contributed by atoms with Crippen LogP contribution in [0.25, 0.3) is 0 Å². The third kappa shape index (κ3) is 4.20. The lowest BCUT2D eigenvalue weighted by Crippen LogP contribution is -2.47. The molecule has 0 aliphatic rings. The SMILES string of the molecule is CCCCOC(=O)C(O)C(O)C(=O)[O-]. The van der Waals surface area contributed by atoms with Crippen LogP contribution in [0, 0.1) is 0 Å². The minimum absolute atomic E-state index is 0.0894. The molecule has 0 heterocycles. The molecule has 0 aliphatic heterocycles. The average molecular weight is 205 g/mol. The fraction of sp³-hybridized carbons (Fsp3) is 0.750. The van der Waals surface area contributed by atoms with Crippen molar-refractivity contribution >= 4 is 11.9 Å². The third-order valence-electron chi connectivity index (χ3n) is 1.52. The van der Waals surface area contributed by atoms with E-state index >= 15 is 0 Å². The first-order valence-electron chi connectivity index (χ1n) is 4.24. The van der Waals surface area contributed by atoms with Crippen molar-refractivity contribution in [2.75, 3.05) is 6.61 Å². The van der Waals surface area contributed by atoms with Gasteiger partial charge in [0.05, 0.1) is 12.6 Å². The van der Waals surface area contributed by atoms with E-state index in [0.717, 1.165) is 6.42 Å². The minimum atomic E-state index is -2.25. The zero-order chi connectivity index (χ0) is 11.1. The number of hydrogen-bond donors (Lipinski definition) is 2. The predicted octanol–water partition coefficient (Wildman–Crippen LogP) is -2.20. The molecule has 0 saturated heterocycles. The summed E-state index contributed by atoms with van der Waals surface area (Å²) in [6, 6.07) is 0. The van der Waals surface area contributed by atoms with Gasteiger partial charge in [-0.15, -0.1) is 0 Å². The monoisotopic (exact) mass is 205 g/mol. The Morgan fingerprint density at radius 3 is 2.36 bits per heavy atom. The quantitative estimate of drug-likeness (QED) is 0.376. The molecule has 0 saturated carbocycles. The Morgan fingerprint density at radius 1 is 1.36 bits per heavy atom. The normalized spacial score (nSPS) is 14.5. The van der Waals surface area contributed by atoms with Gasteiger partial charge in [-0.1, -0.05) is 13.3 Å². The van der Waals surface area contributed by atoms with E-state index in [4.69, 9.17) is 10.2 Å². The van der Waals surface area contributed by atoms with Gasteiger partial charge in [-0.3, -0.25) is 0 Å². The fourth-order valence-corrected chi connectivity index (χ4v) is 0.660. The number of carbonyl (C=O) groups is 2. The Bertz CT molecular complexity index is 202. The Morgan fingerprint density at radius 2 is 1.93 bits per heavy atom. The van der Waals surface area contributed by atoms with Gasteiger partial charge in [-0.2, -0.15) is 0 Å². The van der Waals surface area contributed by atoms with Crippen molar-refractivity contribution in [1.82, 2.24) is 0 Å². The van der Waals surface area contributed by atoms with Gasteiger partial charge in [0.15, 0.2) is 6.10 Å². The molecule has 14 heavy (non-hydrogen) atoms. The molecule has 0 radical (unpaired) electrons. The number of hydrogen-bond acceptors (Lipinski definition) is 6. The zero-order valence-corrected chi connectivity index (χ0v) is 7.80. The largest absolute Gasteiger partial charge is 0.547 e. The number of carboxylic acids is 1. The lowest BCUT2D eigenvalue weighted by atomic mass is 10.2. The van der Waals surface area contributed by atoms with E-state index in [0.29, 0.717) is 6.42 Å². The second-order valence-electron chi connectivity index (χ2n) is 2.73. The number of ether oxygens (including phenoxy) is 1. The molecule has 0 aromatic rings. The summed E-state index contributed by atoms with van der Waals surface area (Å²) in [5, 5.41) is 27.7. The van der Waals surface area contributed by atoms with Crippen LogP contribution in [0.5, 0.6) is 0 Å². The predicted molar refractivity (Wildman–Crippen MR) is 42.9 cm³/mol. The van der Waals surface area contributed by atoms with E-state index < -0.39 is 24.1 Å². The van der Waals surface area contributed by atoms with Crippen LogP contribution in [-0.4, -0.2) is 41.0 Å². The molecule has 2 unspecified atom stereocenters. The first-order chi connectivity index (χ1) is 6.50. The lowest BCUT2D eigenvalue weighted by molar-refractivity contribution is -0.318. The molecule has 0 fully saturated rings. The van der Waals surface area contributed by atoms with Crippen LogP contribution in [-0.2, 0) is 14.3 Å². The van der Waals surface area contributed by atoms with E-state index in [-0.39, 0.29) is 6.61 Å². The number of aliphatic hydroxyl groups excluding tert-OH is 2. The summed E-state index contributed by atoms with van der Waals surface area (Å²) >= 11 is 0. The van der Waals surface area contributed by atoms with E-state index in [1.165, 1.54) is 0 Å². The molecule has 0 aromatic carbocycles. The Kier molecular flexibility index (Phi) is 5.82. The Labute approximate surface area is 81.1 Å². The van der Waals surface area contributed by atoms with Gasteiger partial charge in [0, 0.05) is 0 Å². The summed E-state index contributed by atoms with van der Waals surface area (Å²) in [5.74, 6) is -3.07. The van der Waals surface area contributed by atoms with Gasteiger partial charge >= 0.3 is 5.97 Å². The summed E-state index contributed by atoms with van der Waals surface area (Å²) in [6.45, 7) is 1.96. The van der Waals surface area contributed by atoms with Gasteiger partial charge in [0.2, 0.25) is 0 Å². The number of aliphatic carboxylic acids is 1.